The molecule has 2 nitrogen and oxygen atoms in total. The van der Waals surface area contributed by atoms with Crippen LogP contribution in [0.4, 0.5) is 0 Å². The molecule has 1 atom stereocenters. The molecule has 0 spiro atoms. The van der Waals surface area contributed by atoms with E-state index < -0.39 is 0 Å². The van der Waals surface area contributed by atoms with E-state index in [1.807, 2.05) is 12.1 Å². The second kappa shape index (κ2) is 7.14. The molecular formula is C15H18Cl2N2. The molecule has 1 aliphatic carbocycles. The summed E-state index contributed by atoms with van der Waals surface area (Å²) in [6, 6.07) is 7.71. The van der Waals surface area contributed by atoms with Crippen molar-refractivity contribution < 1.29 is 0 Å². The van der Waals surface area contributed by atoms with Crippen LogP contribution in [-0.4, -0.2) is 6.04 Å². The molecule has 1 saturated carbocycles. The number of rotatable bonds is 3. The zero-order chi connectivity index (χ0) is 13.7. The van der Waals surface area contributed by atoms with Gasteiger partial charge in [0.2, 0.25) is 0 Å². The number of nitriles is 1. The van der Waals surface area contributed by atoms with Crippen molar-refractivity contribution in [2.45, 2.75) is 50.6 Å². The van der Waals surface area contributed by atoms with Gasteiger partial charge in [-0.25, -0.2) is 0 Å². The van der Waals surface area contributed by atoms with Crippen molar-refractivity contribution >= 4 is 23.2 Å². The van der Waals surface area contributed by atoms with E-state index in [2.05, 4.69) is 11.4 Å². The number of benzene rings is 1. The predicted molar refractivity (Wildman–Crippen MR) is 79.4 cm³/mol. The fraction of sp³-hybridized carbons (Fsp3) is 0.533. The summed E-state index contributed by atoms with van der Waals surface area (Å²) in [5, 5.41) is 14.0. The van der Waals surface area contributed by atoms with Gasteiger partial charge in [0.15, 0.2) is 0 Å². The minimum absolute atomic E-state index is 0.334. The highest BCUT2D eigenvalue weighted by atomic mass is 35.5. The molecule has 0 bridgehead atoms. The topological polar surface area (TPSA) is 35.8 Å². The highest BCUT2D eigenvalue weighted by molar-refractivity contribution is 6.34. The first-order chi connectivity index (χ1) is 9.19. The average molecular weight is 297 g/mol. The molecular weight excluding hydrogens is 279 g/mol. The van der Waals surface area contributed by atoms with Crippen molar-refractivity contribution in [3.8, 4) is 6.07 Å². The van der Waals surface area contributed by atoms with Crippen molar-refractivity contribution in [3.05, 3.63) is 33.8 Å². The first-order valence-electron chi connectivity index (χ1n) is 6.80. The molecule has 1 N–H and O–H groups in total. The normalized spacial score (nSPS) is 18.6. The maximum atomic E-state index is 9.36. The van der Waals surface area contributed by atoms with Crippen LogP contribution >= 0.6 is 23.2 Å². The second-order valence-corrected chi connectivity index (χ2v) is 5.99. The number of hydrogen-bond acceptors (Lipinski definition) is 2. The zero-order valence-electron chi connectivity index (χ0n) is 10.8. The van der Waals surface area contributed by atoms with Crippen molar-refractivity contribution in [1.29, 1.82) is 5.26 Å². The van der Waals surface area contributed by atoms with Crippen LogP contribution in [0.25, 0.3) is 0 Å². The summed E-state index contributed by atoms with van der Waals surface area (Å²) in [5.74, 6) is 0. The van der Waals surface area contributed by atoms with Gasteiger partial charge in [0.1, 0.15) is 6.04 Å². The zero-order valence-corrected chi connectivity index (χ0v) is 12.3. The lowest BCUT2D eigenvalue weighted by Gasteiger charge is -2.20. The molecule has 0 aromatic heterocycles. The van der Waals surface area contributed by atoms with Crippen molar-refractivity contribution in [2.75, 3.05) is 0 Å². The molecule has 1 aromatic carbocycles. The Balaban J connectivity index is 2.08. The Morgan fingerprint density at radius 3 is 2.16 bits per heavy atom. The summed E-state index contributed by atoms with van der Waals surface area (Å²) in [6.07, 6.45) is 7.38. The van der Waals surface area contributed by atoms with E-state index >= 15 is 0 Å². The van der Waals surface area contributed by atoms with Crippen LogP contribution in [-0.2, 0) is 0 Å². The van der Waals surface area contributed by atoms with E-state index in [9.17, 15) is 5.26 Å². The lowest BCUT2D eigenvalue weighted by atomic mass is 10.0. The Morgan fingerprint density at radius 2 is 1.63 bits per heavy atom. The van der Waals surface area contributed by atoms with Gasteiger partial charge in [-0.3, -0.25) is 5.32 Å². The second-order valence-electron chi connectivity index (χ2n) is 5.12. The summed E-state index contributed by atoms with van der Waals surface area (Å²) >= 11 is 12.0. The van der Waals surface area contributed by atoms with Gasteiger partial charge in [-0.15, -0.1) is 0 Å². The Labute approximate surface area is 124 Å². The quantitative estimate of drug-likeness (QED) is 0.808. The van der Waals surface area contributed by atoms with Gasteiger partial charge < -0.3 is 0 Å². The fourth-order valence-electron chi connectivity index (χ4n) is 2.63. The van der Waals surface area contributed by atoms with Crippen molar-refractivity contribution in [3.63, 3.8) is 0 Å². The maximum absolute atomic E-state index is 9.36. The van der Waals surface area contributed by atoms with Crippen molar-refractivity contribution in [2.24, 2.45) is 0 Å². The van der Waals surface area contributed by atoms with Gasteiger partial charge in [-0.05, 0) is 36.6 Å². The summed E-state index contributed by atoms with van der Waals surface area (Å²) in [5.41, 5.74) is 0.851. The Kier molecular flexibility index (Phi) is 5.51. The molecule has 0 amide bonds. The third-order valence-corrected chi connectivity index (χ3v) is 4.04. The number of hydrogen-bond donors (Lipinski definition) is 1. The van der Waals surface area contributed by atoms with Crippen LogP contribution in [0.3, 0.4) is 0 Å². The van der Waals surface area contributed by atoms with Crippen LogP contribution < -0.4 is 5.32 Å². The number of halogens is 2. The van der Waals surface area contributed by atoms with E-state index in [0.29, 0.717) is 16.1 Å². The molecule has 0 radical (unpaired) electrons. The fourth-order valence-corrected chi connectivity index (χ4v) is 3.17. The first kappa shape index (κ1) is 14.7. The van der Waals surface area contributed by atoms with Crippen LogP contribution in [0, 0.1) is 11.3 Å². The third-order valence-electron chi connectivity index (χ3n) is 3.60. The van der Waals surface area contributed by atoms with Gasteiger partial charge >= 0.3 is 0 Å². The molecule has 0 heterocycles. The first-order valence-corrected chi connectivity index (χ1v) is 7.56. The van der Waals surface area contributed by atoms with E-state index in [1.54, 1.807) is 6.07 Å². The number of nitrogens with zero attached hydrogens (tertiary/aromatic N) is 1. The van der Waals surface area contributed by atoms with Gasteiger partial charge in [-0.1, -0.05) is 48.9 Å². The van der Waals surface area contributed by atoms with Crippen LogP contribution in [0.5, 0.6) is 0 Å². The Hall–Kier alpha value is -0.750. The lowest BCUT2D eigenvalue weighted by molar-refractivity contribution is 0.436. The van der Waals surface area contributed by atoms with Crippen LogP contribution in [0.1, 0.15) is 50.1 Å². The van der Waals surface area contributed by atoms with Gasteiger partial charge in [0, 0.05) is 16.1 Å². The largest absolute Gasteiger partial charge is 0.295 e. The van der Waals surface area contributed by atoms with Gasteiger partial charge in [-0.2, -0.15) is 5.26 Å². The summed E-state index contributed by atoms with van der Waals surface area (Å²) in [4.78, 5) is 0. The molecule has 1 unspecified atom stereocenters. The molecule has 4 heteroatoms. The third kappa shape index (κ3) is 4.38. The van der Waals surface area contributed by atoms with Gasteiger partial charge in [0.25, 0.3) is 0 Å². The Bertz CT molecular complexity index is 439. The standard InChI is InChI=1S/C15H18Cl2N2/c16-12-7-11(8-13(17)9-12)15(10-18)19-14-5-3-1-2-4-6-14/h7-9,14-15,19H,1-6H2. The summed E-state index contributed by atoms with van der Waals surface area (Å²) in [7, 11) is 0. The lowest BCUT2D eigenvalue weighted by Crippen LogP contribution is -2.31. The van der Waals surface area contributed by atoms with Crippen molar-refractivity contribution in [1.82, 2.24) is 5.32 Å². The maximum Gasteiger partial charge on any atom is 0.121 e. The molecule has 19 heavy (non-hydrogen) atoms. The molecule has 102 valence electrons. The molecule has 0 aliphatic heterocycles. The number of nitrogens with one attached hydrogen (secondary N) is 1. The van der Waals surface area contributed by atoms with E-state index in [1.165, 1.54) is 25.7 Å². The van der Waals surface area contributed by atoms with Gasteiger partial charge in [0.05, 0.1) is 6.07 Å². The minimum atomic E-state index is -0.334. The van der Waals surface area contributed by atoms with E-state index in [0.717, 1.165) is 18.4 Å². The smallest absolute Gasteiger partial charge is 0.121 e. The monoisotopic (exact) mass is 296 g/mol. The highest BCUT2D eigenvalue weighted by Gasteiger charge is 2.18. The average Bonchev–Trinajstić information content (AvgIpc) is 2.63. The van der Waals surface area contributed by atoms with E-state index in [4.69, 9.17) is 23.2 Å². The highest BCUT2D eigenvalue weighted by Crippen LogP contribution is 2.25. The Morgan fingerprint density at radius 1 is 1.05 bits per heavy atom. The van der Waals surface area contributed by atoms with E-state index in [-0.39, 0.29) is 6.04 Å². The summed E-state index contributed by atoms with van der Waals surface area (Å²) < 4.78 is 0. The SMILES string of the molecule is N#CC(NC1CCCCCC1)c1cc(Cl)cc(Cl)c1. The molecule has 2 rings (SSSR count). The predicted octanol–water partition coefficient (Wildman–Crippen LogP) is 4.87. The molecule has 1 aromatic rings. The molecule has 1 fully saturated rings. The molecule has 1 aliphatic rings. The van der Waals surface area contributed by atoms with Crippen LogP contribution in [0.2, 0.25) is 10.0 Å². The van der Waals surface area contributed by atoms with Crippen LogP contribution in [0.15, 0.2) is 18.2 Å². The molecule has 0 saturated heterocycles. The summed E-state index contributed by atoms with van der Waals surface area (Å²) in [6.45, 7) is 0. The minimum Gasteiger partial charge on any atom is -0.295 e.